The van der Waals surface area contributed by atoms with Crippen molar-refractivity contribution in [3.63, 3.8) is 0 Å². The maximum Gasteiger partial charge on any atom is 0.240 e. The van der Waals surface area contributed by atoms with E-state index in [0.29, 0.717) is 36.3 Å². The quantitative estimate of drug-likeness (QED) is 0.496. The average molecular weight is 450 g/mol. The molecule has 2 saturated heterocycles. The molecule has 1 aromatic carbocycles. The zero-order valence-corrected chi connectivity index (χ0v) is 18.8. The van der Waals surface area contributed by atoms with Crippen molar-refractivity contribution >= 4 is 23.5 Å². The molecule has 2 aliphatic rings. The van der Waals surface area contributed by atoms with E-state index in [1.807, 2.05) is 0 Å². The van der Waals surface area contributed by atoms with E-state index >= 15 is 0 Å². The van der Waals surface area contributed by atoms with Gasteiger partial charge in [0.2, 0.25) is 17.7 Å². The highest BCUT2D eigenvalue weighted by molar-refractivity contribution is 6.11. The number of hydrogen-bond acceptors (Lipinski definition) is 6. The minimum Gasteiger partial charge on any atom is -0.496 e. The summed E-state index contributed by atoms with van der Waals surface area (Å²) in [7, 11) is 2.94. The second-order valence-electron chi connectivity index (χ2n) is 8.68. The Morgan fingerprint density at radius 1 is 1.18 bits per heavy atom. The topological polar surface area (TPSA) is 96.9 Å². The average Bonchev–Trinajstić information content (AvgIpc) is 3.08. The number of likely N-dealkylation sites (N-methyl/N-ethyl adjacent to an activating group) is 1. The molecule has 0 N–H and O–H groups in total. The van der Waals surface area contributed by atoms with Gasteiger partial charge in [-0.1, -0.05) is 18.2 Å². The summed E-state index contributed by atoms with van der Waals surface area (Å²) in [5.41, 5.74) is -0.264. The Balaban J connectivity index is 1.60. The molecule has 0 aliphatic carbocycles. The first-order chi connectivity index (χ1) is 15.9. The van der Waals surface area contributed by atoms with Crippen LogP contribution in [0.4, 0.5) is 0 Å². The Hall–Kier alpha value is -3.55. The van der Waals surface area contributed by atoms with Gasteiger partial charge in [-0.3, -0.25) is 29.1 Å². The van der Waals surface area contributed by atoms with Gasteiger partial charge in [0.25, 0.3) is 0 Å². The summed E-state index contributed by atoms with van der Waals surface area (Å²) >= 11 is 0. The lowest BCUT2D eigenvalue weighted by atomic mass is 9.75. The Morgan fingerprint density at radius 2 is 1.97 bits per heavy atom. The molecule has 8 nitrogen and oxygen atoms in total. The van der Waals surface area contributed by atoms with Crippen molar-refractivity contribution in [2.75, 3.05) is 27.2 Å². The number of amides is 3. The van der Waals surface area contributed by atoms with E-state index < -0.39 is 11.3 Å². The molecule has 8 heteroatoms. The number of carbonyl (C=O) groups excluding carboxylic acids is 4. The van der Waals surface area contributed by atoms with E-state index in [-0.39, 0.29) is 42.9 Å². The third-order valence-corrected chi connectivity index (χ3v) is 6.71. The van der Waals surface area contributed by atoms with Gasteiger partial charge < -0.3 is 9.64 Å². The molecule has 2 fully saturated rings. The number of carbonyl (C=O) groups is 4. The van der Waals surface area contributed by atoms with Gasteiger partial charge in [0.05, 0.1) is 12.5 Å². The number of benzene rings is 1. The molecule has 1 aromatic heterocycles. The monoisotopic (exact) mass is 449 g/mol. The summed E-state index contributed by atoms with van der Waals surface area (Å²) in [6.07, 6.45) is 4.28. The largest absolute Gasteiger partial charge is 0.496 e. The first kappa shape index (κ1) is 22.6. The summed E-state index contributed by atoms with van der Waals surface area (Å²) in [6, 6.07) is 10.5. The van der Waals surface area contributed by atoms with Crippen LogP contribution < -0.4 is 4.74 Å². The molecule has 0 bridgehead atoms. The predicted molar refractivity (Wildman–Crippen MR) is 120 cm³/mol. The molecule has 0 radical (unpaired) electrons. The van der Waals surface area contributed by atoms with E-state index in [1.54, 1.807) is 53.7 Å². The number of imide groups is 1. The molecule has 3 heterocycles. The van der Waals surface area contributed by atoms with Crippen molar-refractivity contribution in [3.8, 4) is 5.75 Å². The van der Waals surface area contributed by atoms with Gasteiger partial charge >= 0.3 is 0 Å². The first-order valence-corrected chi connectivity index (χ1v) is 11.0. The van der Waals surface area contributed by atoms with Crippen molar-refractivity contribution in [2.45, 2.75) is 31.1 Å². The summed E-state index contributed by atoms with van der Waals surface area (Å²) < 4.78 is 5.47. The molecule has 4 rings (SSSR count). The van der Waals surface area contributed by atoms with Crippen LogP contribution in [0.2, 0.25) is 0 Å². The van der Waals surface area contributed by atoms with Crippen molar-refractivity contribution in [1.29, 1.82) is 0 Å². The molecule has 0 unspecified atom stereocenters. The molecule has 3 amide bonds. The smallest absolute Gasteiger partial charge is 0.240 e. The molecule has 2 aliphatic heterocycles. The SMILES string of the molecule is COc1ccccc1[C@@]1(CC(=O)N2CCC[C@@H](C(=O)c3cccnc3)C2)CC(=O)N(C)C1=O. The third kappa shape index (κ3) is 4.13. The second-order valence-corrected chi connectivity index (χ2v) is 8.68. The van der Waals surface area contributed by atoms with E-state index in [2.05, 4.69) is 4.98 Å². The molecular formula is C25H27N3O5. The molecule has 33 heavy (non-hydrogen) atoms. The van der Waals surface area contributed by atoms with E-state index in [1.165, 1.54) is 14.2 Å². The van der Waals surface area contributed by atoms with Gasteiger partial charge in [-0.25, -0.2) is 0 Å². The number of ketones is 1. The third-order valence-electron chi connectivity index (χ3n) is 6.71. The Morgan fingerprint density at radius 3 is 2.64 bits per heavy atom. The van der Waals surface area contributed by atoms with E-state index in [0.717, 1.165) is 4.90 Å². The van der Waals surface area contributed by atoms with Crippen LogP contribution in [-0.4, -0.2) is 65.5 Å². The lowest BCUT2D eigenvalue weighted by Gasteiger charge is -2.35. The zero-order chi connectivity index (χ0) is 23.6. The van der Waals surface area contributed by atoms with Crippen LogP contribution in [0.25, 0.3) is 0 Å². The summed E-state index contributed by atoms with van der Waals surface area (Å²) in [5, 5.41) is 0. The molecule has 0 spiro atoms. The number of methoxy groups -OCH3 is 1. The summed E-state index contributed by atoms with van der Waals surface area (Å²) in [5.74, 6) is -0.886. The number of pyridine rings is 1. The highest BCUT2D eigenvalue weighted by atomic mass is 16.5. The van der Waals surface area contributed by atoms with Crippen LogP contribution in [0.5, 0.6) is 5.75 Å². The maximum absolute atomic E-state index is 13.5. The first-order valence-electron chi connectivity index (χ1n) is 11.0. The normalized spacial score (nSPS) is 23.0. The van der Waals surface area contributed by atoms with Crippen LogP contribution in [0.1, 0.15) is 41.6 Å². The zero-order valence-electron chi connectivity index (χ0n) is 18.8. The molecule has 172 valence electrons. The van der Waals surface area contributed by atoms with Crippen molar-refractivity contribution in [1.82, 2.24) is 14.8 Å². The fourth-order valence-corrected chi connectivity index (χ4v) is 4.90. The number of likely N-dealkylation sites (tertiary alicyclic amines) is 2. The number of rotatable bonds is 6. The van der Waals surface area contributed by atoms with Crippen LogP contribution >= 0.6 is 0 Å². The van der Waals surface area contributed by atoms with Crippen LogP contribution in [0.3, 0.4) is 0 Å². The predicted octanol–water partition coefficient (Wildman–Crippen LogP) is 2.23. The van der Waals surface area contributed by atoms with Crippen LogP contribution in [0, 0.1) is 5.92 Å². The lowest BCUT2D eigenvalue weighted by molar-refractivity contribution is -0.142. The Labute approximate surface area is 192 Å². The number of Topliss-reactive ketones (excluding diaryl/α,β-unsaturated/α-hetero) is 1. The molecule has 2 atom stereocenters. The minimum atomic E-state index is -1.32. The number of para-hydroxylation sites is 1. The summed E-state index contributed by atoms with van der Waals surface area (Å²) in [6.45, 7) is 0.794. The number of piperidine rings is 1. The van der Waals surface area contributed by atoms with Gasteiger partial charge in [-0.15, -0.1) is 0 Å². The van der Waals surface area contributed by atoms with E-state index in [9.17, 15) is 19.2 Å². The number of hydrogen-bond donors (Lipinski definition) is 0. The molecule has 0 saturated carbocycles. The fourth-order valence-electron chi connectivity index (χ4n) is 4.90. The molecular weight excluding hydrogens is 422 g/mol. The van der Waals surface area contributed by atoms with Crippen LogP contribution in [0.15, 0.2) is 48.8 Å². The van der Waals surface area contributed by atoms with E-state index in [4.69, 9.17) is 4.74 Å². The highest BCUT2D eigenvalue weighted by Crippen LogP contribution is 2.43. The fraction of sp³-hybridized carbons (Fsp3) is 0.400. The maximum atomic E-state index is 13.5. The number of ether oxygens (including phenoxy) is 1. The lowest BCUT2D eigenvalue weighted by Crippen LogP contribution is -2.47. The van der Waals surface area contributed by atoms with Crippen molar-refractivity contribution < 1.29 is 23.9 Å². The van der Waals surface area contributed by atoms with Crippen LogP contribution in [-0.2, 0) is 19.8 Å². The van der Waals surface area contributed by atoms with Gasteiger partial charge in [-0.2, -0.15) is 0 Å². The summed E-state index contributed by atoms with van der Waals surface area (Å²) in [4.78, 5) is 59.0. The number of aromatic nitrogens is 1. The number of nitrogens with zero attached hydrogens (tertiary/aromatic N) is 3. The second kappa shape index (κ2) is 9.13. The Bertz CT molecular complexity index is 1090. The van der Waals surface area contributed by atoms with Crippen molar-refractivity contribution in [2.24, 2.45) is 5.92 Å². The molecule has 2 aromatic rings. The van der Waals surface area contributed by atoms with Gasteiger partial charge in [-0.05, 0) is 31.0 Å². The standard InChI is InChI=1S/C25H27N3O5/c1-27-21(29)13-25(24(27)32,19-9-3-4-10-20(19)33-2)14-22(30)28-12-6-8-18(16-28)23(31)17-7-5-11-26-15-17/h3-5,7,9-11,15,18H,6,8,12-14,16H2,1-2H3/t18-,25+/m1/s1. The van der Waals surface area contributed by atoms with Gasteiger partial charge in [0.1, 0.15) is 5.75 Å². The van der Waals surface area contributed by atoms with Gasteiger partial charge in [0, 0.05) is 62.4 Å². The van der Waals surface area contributed by atoms with Gasteiger partial charge in [0.15, 0.2) is 5.78 Å². The van der Waals surface area contributed by atoms with Crippen molar-refractivity contribution in [3.05, 3.63) is 59.9 Å². The minimum absolute atomic E-state index is 0.0353. The highest BCUT2D eigenvalue weighted by Gasteiger charge is 2.54. The Kier molecular flexibility index (Phi) is 6.26.